The number of rotatable bonds is 19. The fourth-order valence-electron chi connectivity index (χ4n) is 7.49. The van der Waals surface area contributed by atoms with Crippen molar-refractivity contribution in [1.29, 1.82) is 0 Å². The van der Waals surface area contributed by atoms with Crippen LogP contribution in [0.1, 0.15) is 51.3 Å². The number of aliphatic hydroxyl groups is 2. The molecular weight excluding hydrogens is 1050 g/mol. The third kappa shape index (κ3) is 13.4. The Hall–Kier alpha value is -6.37. The molecule has 6 aromatic heterocycles. The molecule has 21 heteroatoms. The SMILES string of the molecule is O=S(=O)(O)Cc1ccc(C[C@H](Nc2nc(-c3cccc(CO)c3)cs2)c2csc(-c3cccs3)n2)cc1.O=[N+]([O-])c1ccc(C[C@H](Nc2nc(-c3cccc(CO)c3)cs2)c2csc(-c3cccs3)n2)cc1. The number of nitrogens with zero attached hydrogens (tertiary/aromatic N) is 5. The Morgan fingerprint density at radius 1 is 0.542 bits per heavy atom. The normalized spacial score (nSPS) is 12.2. The van der Waals surface area contributed by atoms with Gasteiger partial charge in [0, 0.05) is 44.8 Å². The number of thiophene rings is 2. The number of hydrogen-bond donors (Lipinski definition) is 5. The first-order valence-electron chi connectivity index (χ1n) is 22.0. The highest BCUT2D eigenvalue weighted by atomic mass is 32.2. The minimum Gasteiger partial charge on any atom is -0.392 e. The van der Waals surface area contributed by atoms with Gasteiger partial charge in [0.2, 0.25) is 0 Å². The highest BCUT2D eigenvalue weighted by molar-refractivity contribution is 7.85. The molecule has 0 aliphatic carbocycles. The van der Waals surface area contributed by atoms with Gasteiger partial charge >= 0.3 is 0 Å². The van der Waals surface area contributed by atoms with Crippen LogP contribution >= 0.6 is 68.0 Å². The number of nitro groups is 1. The maximum absolute atomic E-state index is 11.2. The lowest BCUT2D eigenvalue weighted by Gasteiger charge is -2.17. The van der Waals surface area contributed by atoms with E-state index >= 15 is 0 Å². The summed E-state index contributed by atoms with van der Waals surface area (Å²) in [6.45, 7) is -0.0403. The number of aromatic nitrogens is 4. The van der Waals surface area contributed by atoms with E-state index in [1.54, 1.807) is 69.6 Å². The molecule has 10 aromatic rings. The van der Waals surface area contributed by atoms with Crippen LogP contribution in [0.3, 0.4) is 0 Å². The van der Waals surface area contributed by atoms with Crippen LogP contribution in [0, 0.1) is 10.1 Å². The minimum absolute atomic E-state index is 0.0171. The monoisotopic (exact) mass is 1090 g/mol. The fraction of sp³-hybridized carbons (Fsp3) is 0.137. The first-order chi connectivity index (χ1) is 34.9. The minimum atomic E-state index is -4.08. The Morgan fingerprint density at radius 3 is 1.42 bits per heavy atom. The zero-order valence-corrected chi connectivity index (χ0v) is 43.5. The number of nitro benzene ring substituents is 1. The summed E-state index contributed by atoms with van der Waals surface area (Å²) in [6, 6.07) is 37.0. The van der Waals surface area contributed by atoms with Crippen LogP contribution in [-0.4, -0.2) is 48.0 Å². The van der Waals surface area contributed by atoms with E-state index in [0.717, 1.165) is 86.2 Å². The van der Waals surface area contributed by atoms with Crippen LogP contribution in [0.4, 0.5) is 16.0 Å². The van der Waals surface area contributed by atoms with E-state index in [1.807, 2.05) is 94.3 Å². The summed E-state index contributed by atoms with van der Waals surface area (Å²) >= 11 is 9.51. The van der Waals surface area contributed by atoms with E-state index in [4.69, 9.17) is 24.5 Å². The molecule has 0 spiro atoms. The van der Waals surface area contributed by atoms with E-state index in [1.165, 1.54) is 34.8 Å². The van der Waals surface area contributed by atoms with Crippen molar-refractivity contribution in [3.63, 3.8) is 0 Å². The molecule has 5 N–H and O–H groups in total. The molecule has 72 heavy (non-hydrogen) atoms. The molecule has 4 aromatic carbocycles. The number of benzene rings is 4. The zero-order valence-electron chi connectivity index (χ0n) is 37.8. The number of aliphatic hydroxyl groups excluding tert-OH is 2. The summed E-state index contributed by atoms with van der Waals surface area (Å²) in [5, 5.41) is 52.6. The Bertz CT molecular complexity index is 3460. The van der Waals surface area contributed by atoms with Gasteiger partial charge in [-0.2, -0.15) is 8.42 Å². The second-order valence-electron chi connectivity index (χ2n) is 16.2. The van der Waals surface area contributed by atoms with Gasteiger partial charge in [-0.05, 0) is 75.7 Å². The van der Waals surface area contributed by atoms with Crippen molar-refractivity contribution >= 4 is 94.1 Å². The van der Waals surface area contributed by atoms with Gasteiger partial charge < -0.3 is 20.8 Å². The quantitative estimate of drug-likeness (QED) is 0.0290. The topological polar surface area (TPSA) is 214 Å². The summed E-state index contributed by atoms with van der Waals surface area (Å²) in [7, 11) is -4.08. The predicted octanol–water partition coefficient (Wildman–Crippen LogP) is 13.1. The summed E-state index contributed by atoms with van der Waals surface area (Å²) in [4.78, 5) is 32.2. The van der Waals surface area contributed by atoms with Crippen molar-refractivity contribution in [2.24, 2.45) is 0 Å². The zero-order chi connectivity index (χ0) is 50.0. The first-order valence-corrected chi connectivity index (χ1v) is 28.9. The average molecular weight is 1090 g/mol. The van der Waals surface area contributed by atoms with Crippen LogP contribution in [0.15, 0.2) is 154 Å². The van der Waals surface area contributed by atoms with Crippen molar-refractivity contribution in [2.75, 3.05) is 10.6 Å². The highest BCUT2D eigenvalue weighted by Crippen LogP contribution is 2.36. The molecule has 0 bridgehead atoms. The average Bonchev–Trinajstić information content (AvgIpc) is 4.25. The Morgan fingerprint density at radius 2 is 1.00 bits per heavy atom. The van der Waals surface area contributed by atoms with Crippen LogP contribution in [-0.2, 0) is 41.9 Å². The standard InChI is InChI=1S/C26H23N3O4S4.C25H20N4O3S3/c30-13-19-3-1-4-20(11-19)22-14-36-26(29-22)28-21(23-15-35-25(27-23)24-5-2-10-34-24)12-17-6-8-18(9-7-17)16-37(31,32)33;30-13-17-3-1-4-18(11-17)21-14-35-25(28-21)27-20(12-16-6-8-19(9-7-16)29(31)32)22-15-34-24(26-22)23-5-2-10-33-23/h1-11,14-15,21,30H,12-13,16H2,(H,28,29)(H,31,32,33);1-11,14-15,20,30H,12-13H2,(H,27,28)/t21-;20-/m00/s1. The largest absolute Gasteiger partial charge is 0.392 e. The Kier molecular flexibility index (Phi) is 16.5. The molecule has 366 valence electrons. The molecule has 14 nitrogen and oxygen atoms in total. The predicted molar refractivity (Wildman–Crippen MR) is 293 cm³/mol. The van der Waals surface area contributed by atoms with Gasteiger partial charge in [0.05, 0.1) is 62.8 Å². The molecule has 0 saturated heterocycles. The smallest absolute Gasteiger partial charge is 0.269 e. The number of hydrogen-bond acceptors (Lipinski definition) is 18. The van der Waals surface area contributed by atoms with Crippen molar-refractivity contribution in [3.05, 3.63) is 203 Å². The highest BCUT2D eigenvalue weighted by Gasteiger charge is 2.22. The second-order valence-corrected chi connectivity index (χ2v) is 23.0. The Balaban J connectivity index is 0.000000178. The van der Waals surface area contributed by atoms with Gasteiger partial charge in [-0.15, -0.1) is 68.0 Å². The van der Waals surface area contributed by atoms with Crippen LogP contribution < -0.4 is 10.6 Å². The van der Waals surface area contributed by atoms with Gasteiger partial charge in [-0.25, -0.2) is 19.9 Å². The van der Waals surface area contributed by atoms with Crippen molar-refractivity contribution in [3.8, 4) is 42.3 Å². The summed E-state index contributed by atoms with van der Waals surface area (Å²) < 4.78 is 31.6. The summed E-state index contributed by atoms with van der Waals surface area (Å²) in [6.07, 6.45) is 1.20. The molecule has 0 aliphatic rings. The molecule has 10 rings (SSSR count). The fourth-order valence-corrected chi connectivity index (χ4v) is 13.0. The maximum atomic E-state index is 11.2. The van der Waals surface area contributed by atoms with Gasteiger partial charge in [0.25, 0.3) is 15.8 Å². The van der Waals surface area contributed by atoms with Crippen molar-refractivity contribution in [2.45, 2.75) is 43.9 Å². The molecule has 0 amide bonds. The van der Waals surface area contributed by atoms with E-state index < -0.39 is 20.8 Å². The van der Waals surface area contributed by atoms with E-state index in [0.29, 0.717) is 18.4 Å². The number of non-ortho nitro benzene ring substituents is 1. The molecule has 0 unspecified atom stereocenters. The summed E-state index contributed by atoms with van der Waals surface area (Å²) in [5.41, 5.74) is 9.57. The molecule has 0 aliphatic heterocycles. The maximum Gasteiger partial charge on any atom is 0.269 e. The number of anilines is 2. The lowest BCUT2D eigenvalue weighted by atomic mass is 10.0. The number of thiazole rings is 4. The molecule has 0 radical (unpaired) electrons. The second kappa shape index (κ2) is 23.5. The van der Waals surface area contributed by atoms with Gasteiger partial charge in [0.15, 0.2) is 10.3 Å². The van der Waals surface area contributed by atoms with Gasteiger partial charge in [0.1, 0.15) is 15.8 Å². The van der Waals surface area contributed by atoms with Gasteiger partial charge in [-0.1, -0.05) is 84.9 Å². The third-order valence-electron chi connectivity index (χ3n) is 11.0. The van der Waals surface area contributed by atoms with Crippen molar-refractivity contribution in [1.82, 2.24) is 19.9 Å². The first kappa shape index (κ1) is 50.6. The van der Waals surface area contributed by atoms with Crippen LogP contribution in [0.5, 0.6) is 0 Å². The molecule has 0 fully saturated rings. The van der Waals surface area contributed by atoms with Crippen LogP contribution in [0.25, 0.3) is 42.3 Å². The molecule has 0 saturated carbocycles. The lowest BCUT2D eigenvalue weighted by molar-refractivity contribution is -0.384. The van der Waals surface area contributed by atoms with E-state index in [-0.39, 0.29) is 31.0 Å². The van der Waals surface area contributed by atoms with E-state index in [9.17, 15) is 28.7 Å². The molecule has 2 atom stereocenters. The molecule has 6 heterocycles. The van der Waals surface area contributed by atoms with Crippen molar-refractivity contribution < 1.29 is 28.1 Å². The summed E-state index contributed by atoms with van der Waals surface area (Å²) in [5.74, 6) is -0.412. The van der Waals surface area contributed by atoms with E-state index in [2.05, 4.69) is 33.5 Å². The number of nitrogens with one attached hydrogen (secondary N) is 2. The van der Waals surface area contributed by atoms with Crippen LogP contribution in [0.2, 0.25) is 0 Å². The third-order valence-corrected chi connectivity index (χ3v) is 17.1. The molecular formula is C51H43N7O7S7. The lowest BCUT2D eigenvalue weighted by Crippen LogP contribution is -2.14. The Labute approximate surface area is 438 Å². The van der Waals surface area contributed by atoms with Gasteiger partial charge in [-0.3, -0.25) is 14.7 Å².